The maximum atomic E-state index is 12.4. The molecule has 0 unspecified atom stereocenters. The van der Waals surface area contributed by atoms with E-state index in [1.807, 2.05) is 0 Å². The Hall–Kier alpha value is -2.69. The summed E-state index contributed by atoms with van der Waals surface area (Å²) < 4.78 is 1.57. The molecule has 2 aromatic heterocycles. The molecule has 0 saturated carbocycles. The van der Waals surface area contributed by atoms with Crippen molar-refractivity contribution in [3.8, 4) is 0 Å². The number of nitrogens with zero attached hydrogens (tertiary/aromatic N) is 3. The van der Waals surface area contributed by atoms with E-state index in [2.05, 4.69) is 53.4 Å². The fourth-order valence-electron chi connectivity index (χ4n) is 2.49. The normalized spacial score (nSPS) is 11.1. The number of anilines is 1. The lowest BCUT2D eigenvalue weighted by Crippen LogP contribution is -2.23. The van der Waals surface area contributed by atoms with Crippen molar-refractivity contribution in [1.29, 1.82) is 0 Å². The zero-order valence-electron chi connectivity index (χ0n) is 13.6. The Morgan fingerprint density at radius 1 is 1.17 bits per heavy atom. The van der Waals surface area contributed by atoms with Crippen LogP contribution in [-0.4, -0.2) is 14.5 Å². The molecule has 118 valence electrons. The molecule has 3 aromatic rings. The van der Waals surface area contributed by atoms with E-state index in [9.17, 15) is 4.79 Å². The Bertz CT molecular complexity index is 882. The first-order valence-electron chi connectivity index (χ1n) is 7.69. The Morgan fingerprint density at radius 2 is 1.91 bits per heavy atom. The minimum absolute atomic E-state index is 0.149. The molecule has 0 bridgehead atoms. The van der Waals surface area contributed by atoms with Crippen LogP contribution in [0.15, 0.2) is 47.5 Å². The Kier molecular flexibility index (Phi) is 4.10. The highest BCUT2D eigenvalue weighted by Gasteiger charge is 2.08. The standard InChI is InChI=1S/C18H20N4O/c1-12(2)14-6-4-13(5-7-14)10-20-17-18(23)22(3)16-11-19-9-8-15(16)21-17/h4-9,11-12H,10H2,1-3H3,(H,20,21). The number of pyridine rings is 1. The van der Waals surface area contributed by atoms with E-state index >= 15 is 0 Å². The van der Waals surface area contributed by atoms with Crippen LogP contribution in [0.5, 0.6) is 0 Å². The van der Waals surface area contributed by atoms with Gasteiger partial charge in [-0.3, -0.25) is 9.78 Å². The molecular formula is C18H20N4O. The monoisotopic (exact) mass is 308 g/mol. The number of aryl methyl sites for hydroxylation is 1. The molecule has 1 N–H and O–H groups in total. The maximum absolute atomic E-state index is 12.4. The van der Waals surface area contributed by atoms with E-state index in [0.717, 1.165) is 16.6 Å². The van der Waals surface area contributed by atoms with Crippen LogP contribution in [0.2, 0.25) is 0 Å². The van der Waals surface area contributed by atoms with Crippen LogP contribution < -0.4 is 10.9 Å². The zero-order chi connectivity index (χ0) is 16.4. The lowest BCUT2D eigenvalue weighted by molar-refractivity contribution is 0.864. The van der Waals surface area contributed by atoms with Crippen LogP contribution >= 0.6 is 0 Å². The highest BCUT2D eigenvalue weighted by molar-refractivity contribution is 5.74. The van der Waals surface area contributed by atoms with E-state index in [4.69, 9.17) is 0 Å². The minimum Gasteiger partial charge on any atom is -0.361 e. The first-order chi connectivity index (χ1) is 11.1. The molecule has 3 rings (SSSR count). The summed E-state index contributed by atoms with van der Waals surface area (Å²) in [5.41, 5.74) is 3.75. The van der Waals surface area contributed by atoms with Crippen molar-refractivity contribution in [3.05, 3.63) is 64.2 Å². The molecule has 2 heterocycles. The summed E-state index contributed by atoms with van der Waals surface area (Å²) in [5, 5.41) is 3.15. The van der Waals surface area contributed by atoms with E-state index in [1.165, 1.54) is 5.56 Å². The van der Waals surface area contributed by atoms with Gasteiger partial charge in [-0.05, 0) is 23.1 Å². The third-order valence-corrected chi connectivity index (χ3v) is 3.98. The number of hydrogen-bond acceptors (Lipinski definition) is 4. The van der Waals surface area contributed by atoms with E-state index < -0.39 is 0 Å². The average Bonchev–Trinajstić information content (AvgIpc) is 2.57. The van der Waals surface area contributed by atoms with Crippen LogP contribution in [0.4, 0.5) is 5.82 Å². The van der Waals surface area contributed by atoms with Crippen molar-refractivity contribution in [2.75, 3.05) is 5.32 Å². The molecule has 0 aliphatic rings. The van der Waals surface area contributed by atoms with Gasteiger partial charge in [0.25, 0.3) is 5.56 Å². The summed E-state index contributed by atoms with van der Waals surface area (Å²) in [5.74, 6) is 0.874. The van der Waals surface area contributed by atoms with Gasteiger partial charge >= 0.3 is 0 Å². The molecule has 5 heteroatoms. The molecule has 1 aromatic carbocycles. The van der Waals surface area contributed by atoms with Crippen LogP contribution in [0.25, 0.3) is 11.0 Å². The Morgan fingerprint density at radius 3 is 2.61 bits per heavy atom. The first-order valence-corrected chi connectivity index (χ1v) is 7.69. The topological polar surface area (TPSA) is 59.8 Å². The van der Waals surface area contributed by atoms with Crippen molar-refractivity contribution in [2.24, 2.45) is 7.05 Å². The summed E-state index contributed by atoms with van der Waals surface area (Å²) in [4.78, 5) is 20.8. The molecule has 5 nitrogen and oxygen atoms in total. The third-order valence-electron chi connectivity index (χ3n) is 3.98. The fraction of sp³-hybridized carbons (Fsp3) is 0.278. The summed E-state index contributed by atoms with van der Waals surface area (Å²) in [7, 11) is 1.73. The van der Waals surface area contributed by atoms with Crippen LogP contribution in [0.1, 0.15) is 30.9 Å². The van der Waals surface area contributed by atoms with Gasteiger partial charge in [0, 0.05) is 19.8 Å². The van der Waals surface area contributed by atoms with Gasteiger partial charge < -0.3 is 9.88 Å². The number of nitrogens with one attached hydrogen (secondary N) is 1. The summed E-state index contributed by atoms with van der Waals surface area (Å²) >= 11 is 0. The Balaban J connectivity index is 1.84. The van der Waals surface area contributed by atoms with Gasteiger partial charge in [0.2, 0.25) is 0 Å². The van der Waals surface area contributed by atoms with Gasteiger partial charge in [0.1, 0.15) is 0 Å². The highest BCUT2D eigenvalue weighted by atomic mass is 16.1. The number of fused-ring (bicyclic) bond motifs is 1. The minimum atomic E-state index is -0.149. The first kappa shape index (κ1) is 15.2. The fourth-order valence-corrected chi connectivity index (χ4v) is 2.49. The SMILES string of the molecule is CC(C)c1ccc(CNc2nc3ccncc3n(C)c2=O)cc1. The second-order valence-corrected chi connectivity index (χ2v) is 5.94. The second-order valence-electron chi connectivity index (χ2n) is 5.94. The number of rotatable bonds is 4. The molecule has 0 atom stereocenters. The van der Waals surface area contributed by atoms with Crippen LogP contribution in [0.3, 0.4) is 0 Å². The maximum Gasteiger partial charge on any atom is 0.293 e. The van der Waals surface area contributed by atoms with Crippen LogP contribution in [-0.2, 0) is 13.6 Å². The summed E-state index contributed by atoms with van der Waals surface area (Å²) in [6.45, 7) is 4.91. The average molecular weight is 308 g/mol. The van der Waals surface area contributed by atoms with Gasteiger partial charge in [0.05, 0.1) is 17.2 Å². The van der Waals surface area contributed by atoms with Crippen molar-refractivity contribution >= 4 is 16.9 Å². The van der Waals surface area contributed by atoms with Gasteiger partial charge in [-0.2, -0.15) is 0 Å². The van der Waals surface area contributed by atoms with Gasteiger partial charge in [-0.15, -0.1) is 0 Å². The van der Waals surface area contributed by atoms with Crippen molar-refractivity contribution in [3.63, 3.8) is 0 Å². The Labute approximate surface area is 135 Å². The molecule has 0 radical (unpaired) electrons. The second kappa shape index (κ2) is 6.20. The van der Waals surface area contributed by atoms with E-state index in [0.29, 0.717) is 18.3 Å². The van der Waals surface area contributed by atoms with Gasteiger partial charge in [-0.25, -0.2) is 4.98 Å². The summed E-state index contributed by atoms with van der Waals surface area (Å²) in [6, 6.07) is 10.2. The predicted molar refractivity (Wildman–Crippen MR) is 92.6 cm³/mol. The lowest BCUT2D eigenvalue weighted by Gasteiger charge is -2.10. The number of aromatic nitrogens is 3. The molecular weight excluding hydrogens is 288 g/mol. The third kappa shape index (κ3) is 3.08. The number of benzene rings is 1. The quantitative estimate of drug-likeness (QED) is 0.804. The summed E-state index contributed by atoms with van der Waals surface area (Å²) in [6.07, 6.45) is 3.33. The molecule has 0 amide bonds. The molecule has 0 fully saturated rings. The van der Waals surface area contributed by atoms with Crippen LogP contribution in [0, 0.1) is 0 Å². The molecule has 0 aliphatic heterocycles. The zero-order valence-corrected chi connectivity index (χ0v) is 13.6. The van der Waals surface area contributed by atoms with E-state index in [-0.39, 0.29) is 5.56 Å². The highest BCUT2D eigenvalue weighted by Crippen LogP contribution is 2.15. The van der Waals surface area contributed by atoms with Crippen molar-refractivity contribution < 1.29 is 0 Å². The van der Waals surface area contributed by atoms with Crippen molar-refractivity contribution in [1.82, 2.24) is 14.5 Å². The smallest absolute Gasteiger partial charge is 0.293 e. The van der Waals surface area contributed by atoms with Gasteiger partial charge in [0.15, 0.2) is 5.82 Å². The molecule has 0 aliphatic carbocycles. The molecule has 23 heavy (non-hydrogen) atoms. The van der Waals surface area contributed by atoms with E-state index in [1.54, 1.807) is 30.1 Å². The van der Waals surface area contributed by atoms with Gasteiger partial charge in [-0.1, -0.05) is 38.1 Å². The van der Waals surface area contributed by atoms with Crippen molar-refractivity contribution in [2.45, 2.75) is 26.3 Å². The molecule has 0 saturated heterocycles. The number of hydrogen-bond donors (Lipinski definition) is 1. The largest absolute Gasteiger partial charge is 0.361 e. The predicted octanol–water partition coefficient (Wildman–Crippen LogP) is 3.06. The lowest BCUT2D eigenvalue weighted by atomic mass is 10.0. The molecule has 0 spiro atoms.